The summed E-state index contributed by atoms with van der Waals surface area (Å²) < 4.78 is 6.52. The average molecular weight is 319 g/mol. The normalized spacial score (nSPS) is 10.2. The Hall–Kier alpha value is -1.61. The van der Waals surface area contributed by atoms with E-state index in [1.807, 2.05) is 55.5 Å². The largest absolute Gasteiger partial charge is 0.486 e. The van der Waals surface area contributed by atoms with Crippen LogP contribution in [0.1, 0.15) is 11.1 Å². The highest BCUT2D eigenvalue weighted by molar-refractivity contribution is 9.10. The molecule has 0 N–H and O–H groups in total. The Labute approximate surface area is 121 Å². The predicted octanol–water partition coefficient (Wildman–Crippen LogP) is 3.95. The van der Waals surface area contributed by atoms with E-state index < -0.39 is 0 Å². The van der Waals surface area contributed by atoms with Crippen LogP contribution >= 0.6 is 15.9 Å². The van der Waals surface area contributed by atoms with Crippen LogP contribution in [0.4, 0.5) is 0 Å². The molecule has 0 saturated heterocycles. The van der Waals surface area contributed by atoms with E-state index in [0.29, 0.717) is 6.42 Å². The summed E-state index contributed by atoms with van der Waals surface area (Å²) >= 11 is 3.39. The van der Waals surface area contributed by atoms with Gasteiger partial charge in [-0.15, -0.1) is 0 Å². The molecule has 0 aliphatic carbocycles. The Morgan fingerprint density at radius 1 is 1.16 bits per heavy atom. The third-order valence-electron chi connectivity index (χ3n) is 2.78. The molecule has 2 aromatic carbocycles. The zero-order chi connectivity index (χ0) is 13.7. The molecule has 0 aliphatic rings. The summed E-state index contributed by atoms with van der Waals surface area (Å²) in [6.07, 6.45) is 0.411. The first-order chi connectivity index (χ1) is 9.15. The second kappa shape index (κ2) is 6.53. The lowest BCUT2D eigenvalue weighted by molar-refractivity contribution is -0.120. The van der Waals surface area contributed by atoms with Crippen molar-refractivity contribution in [3.05, 3.63) is 64.1 Å². The molecule has 3 heteroatoms. The van der Waals surface area contributed by atoms with Crippen LogP contribution in [0.5, 0.6) is 5.75 Å². The van der Waals surface area contributed by atoms with E-state index in [2.05, 4.69) is 15.9 Å². The summed E-state index contributed by atoms with van der Waals surface area (Å²) in [6.45, 7) is 2.07. The average Bonchev–Trinajstić information content (AvgIpc) is 2.41. The standard InChI is InChI=1S/C16H15BrO2/c1-12-7-8-14(17)10-16(12)19-11-15(18)9-13-5-3-2-4-6-13/h2-8,10H,9,11H2,1H3. The molecular weight excluding hydrogens is 304 g/mol. The van der Waals surface area contributed by atoms with Gasteiger partial charge in [0.2, 0.25) is 0 Å². The summed E-state index contributed by atoms with van der Waals surface area (Å²) in [5.74, 6) is 0.821. The molecule has 0 aromatic heterocycles. The highest BCUT2D eigenvalue weighted by Crippen LogP contribution is 2.22. The Balaban J connectivity index is 1.92. The molecule has 98 valence electrons. The number of carbonyl (C=O) groups is 1. The van der Waals surface area contributed by atoms with Gasteiger partial charge in [-0.3, -0.25) is 4.79 Å². The fraction of sp³-hybridized carbons (Fsp3) is 0.188. The number of Topliss-reactive ketones (excluding diaryl/α,β-unsaturated/α-hetero) is 1. The van der Waals surface area contributed by atoms with Crippen molar-refractivity contribution < 1.29 is 9.53 Å². The van der Waals surface area contributed by atoms with Crippen molar-refractivity contribution >= 4 is 21.7 Å². The Morgan fingerprint density at radius 2 is 1.89 bits per heavy atom. The van der Waals surface area contributed by atoms with Gasteiger partial charge in [0.25, 0.3) is 0 Å². The summed E-state index contributed by atoms with van der Waals surface area (Å²) in [5, 5.41) is 0. The molecule has 2 rings (SSSR count). The van der Waals surface area contributed by atoms with E-state index in [1.54, 1.807) is 0 Å². The highest BCUT2D eigenvalue weighted by Gasteiger charge is 2.06. The van der Waals surface area contributed by atoms with Crippen LogP contribution in [0, 0.1) is 6.92 Å². The zero-order valence-corrected chi connectivity index (χ0v) is 12.3. The first-order valence-corrected chi connectivity index (χ1v) is 6.89. The Morgan fingerprint density at radius 3 is 2.63 bits per heavy atom. The zero-order valence-electron chi connectivity index (χ0n) is 10.7. The predicted molar refractivity (Wildman–Crippen MR) is 79.5 cm³/mol. The summed E-state index contributed by atoms with van der Waals surface area (Å²) in [7, 11) is 0. The molecule has 0 heterocycles. The van der Waals surface area contributed by atoms with E-state index in [9.17, 15) is 4.79 Å². The van der Waals surface area contributed by atoms with Crippen molar-refractivity contribution in [3.63, 3.8) is 0 Å². The highest BCUT2D eigenvalue weighted by atomic mass is 79.9. The smallest absolute Gasteiger partial charge is 0.174 e. The third kappa shape index (κ3) is 4.21. The molecule has 0 spiro atoms. The molecule has 0 atom stereocenters. The molecule has 2 nitrogen and oxygen atoms in total. The van der Waals surface area contributed by atoms with E-state index in [1.165, 1.54) is 0 Å². The number of rotatable bonds is 5. The van der Waals surface area contributed by atoms with Crippen LogP contribution in [-0.4, -0.2) is 12.4 Å². The van der Waals surface area contributed by atoms with Gasteiger partial charge in [0.15, 0.2) is 5.78 Å². The fourth-order valence-corrected chi connectivity index (χ4v) is 2.10. The number of ketones is 1. The van der Waals surface area contributed by atoms with Crippen LogP contribution < -0.4 is 4.74 Å². The minimum Gasteiger partial charge on any atom is -0.486 e. The minimum atomic E-state index is 0.0746. The molecular formula is C16H15BrO2. The van der Waals surface area contributed by atoms with E-state index >= 15 is 0 Å². The maximum atomic E-state index is 11.8. The van der Waals surface area contributed by atoms with Crippen molar-refractivity contribution in [1.29, 1.82) is 0 Å². The molecule has 0 radical (unpaired) electrons. The summed E-state index contributed by atoms with van der Waals surface area (Å²) in [6, 6.07) is 15.5. The molecule has 0 unspecified atom stereocenters. The first kappa shape index (κ1) is 13.8. The van der Waals surface area contributed by atoms with Crippen molar-refractivity contribution in [2.24, 2.45) is 0 Å². The fourth-order valence-electron chi connectivity index (χ4n) is 1.76. The quantitative estimate of drug-likeness (QED) is 0.834. The van der Waals surface area contributed by atoms with Gasteiger partial charge in [-0.05, 0) is 30.2 Å². The lowest BCUT2D eigenvalue weighted by atomic mass is 10.1. The molecule has 19 heavy (non-hydrogen) atoms. The molecule has 0 amide bonds. The van der Waals surface area contributed by atoms with Gasteiger partial charge in [-0.2, -0.15) is 0 Å². The maximum Gasteiger partial charge on any atom is 0.174 e. The van der Waals surface area contributed by atoms with Crippen LogP contribution in [0.25, 0.3) is 0 Å². The number of ether oxygens (including phenoxy) is 1. The second-order valence-corrected chi connectivity index (χ2v) is 5.32. The minimum absolute atomic E-state index is 0.0746. The lowest BCUT2D eigenvalue weighted by Gasteiger charge is -2.09. The second-order valence-electron chi connectivity index (χ2n) is 4.40. The number of hydrogen-bond acceptors (Lipinski definition) is 2. The van der Waals surface area contributed by atoms with E-state index in [0.717, 1.165) is 21.3 Å². The monoisotopic (exact) mass is 318 g/mol. The van der Waals surface area contributed by atoms with Gasteiger partial charge in [0.1, 0.15) is 12.4 Å². The van der Waals surface area contributed by atoms with Gasteiger partial charge >= 0.3 is 0 Å². The molecule has 2 aromatic rings. The SMILES string of the molecule is Cc1ccc(Br)cc1OCC(=O)Cc1ccccc1. The van der Waals surface area contributed by atoms with Gasteiger partial charge < -0.3 is 4.74 Å². The van der Waals surface area contributed by atoms with Crippen LogP contribution in [0.2, 0.25) is 0 Å². The molecule has 0 fully saturated rings. The lowest BCUT2D eigenvalue weighted by Crippen LogP contribution is -2.14. The molecule has 0 aliphatic heterocycles. The van der Waals surface area contributed by atoms with Crippen LogP contribution in [0.15, 0.2) is 53.0 Å². The first-order valence-electron chi connectivity index (χ1n) is 6.10. The molecule has 0 bridgehead atoms. The Kier molecular flexibility index (Phi) is 4.74. The van der Waals surface area contributed by atoms with Gasteiger partial charge in [0, 0.05) is 10.9 Å². The van der Waals surface area contributed by atoms with Crippen molar-refractivity contribution in [2.75, 3.05) is 6.61 Å². The Bertz CT molecular complexity index is 564. The topological polar surface area (TPSA) is 26.3 Å². The summed E-state index contributed by atoms with van der Waals surface area (Å²) in [5.41, 5.74) is 2.04. The van der Waals surface area contributed by atoms with Crippen LogP contribution in [0.3, 0.4) is 0 Å². The van der Waals surface area contributed by atoms with Crippen molar-refractivity contribution in [1.82, 2.24) is 0 Å². The van der Waals surface area contributed by atoms with Crippen molar-refractivity contribution in [3.8, 4) is 5.75 Å². The number of benzene rings is 2. The van der Waals surface area contributed by atoms with E-state index in [-0.39, 0.29) is 12.4 Å². The number of carbonyl (C=O) groups excluding carboxylic acids is 1. The van der Waals surface area contributed by atoms with Gasteiger partial charge in [0.05, 0.1) is 0 Å². The van der Waals surface area contributed by atoms with E-state index in [4.69, 9.17) is 4.74 Å². The number of hydrogen-bond donors (Lipinski definition) is 0. The third-order valence-corrected chi connectivity index (χ3v) is 3.28. The van der Waals surface area contributed by atoms with Crippen LogP contribution in [-0.2, 0) is 11.2 Å². The number of halogens is 1. The molecule has 0 saturated carbocycles. The summed E-state index contributed by atoms with van der Waals surface area (Å²) in [4.78, 5) is 11.8. The van der Waals surface area contributed by atoms with Gasteiger partial charge in [-0.1, -0.05) is 52.3 Å². The van der Waals surface area contributed by atoms with Gasteiger partial charge in [-0.25, -0.2) is 0 Å². The number of aryl methyl sites for hydroxylation is 1. The maximum absolute atomic E-state index is 11.8. The van der Waals surface area contributed by atoms with Crippen molar-refractivity contribution in [2.45, 2.75) is 13.3 Å².